The number of aromatic carboxylic acids is 1. The number of hydrogen-bond donors (Lipinski definition) is 2. The van der Waals surface area contributed by atoms with Crippen LogP contribution in [-0.2, 0) is 11.3 Å². The first-order valence-corrected chi connectivity index (χ1v) is 11.7. The number of hydrogen-bond acceptors (Lipinski definition) is 5. The SMILES string of the molecule is COCc1cc2c(cc1C(=O)O)nc(Nc1ccc(OC(F)(F)F)cc1)n2C1CC(C)CC(C)(C)C1. The Balaban J connectivity index is 1.80. The molecule has 2 aromatic carbocycles. The molecule has 7 nitrogen and oxygen atoms in total. The fraction of sp³-hybridized carbons (Fsp3) is 0.462. The van der Waals surface area contributed by atoms with E-state index in [0.717, 1.165) is 24.8 Å². The van der Waals surface area contributed by atoms with Gasteiger partial charge >= 0.3 is 12.3 Å². The molecule has 0 spiro atoms. The topological polar surface area (TPSA) is 85.6 Å². The van der Waals surface area contributed by atoms with Crippen molar-refractivity contribution in [3.05, 3.63) is 47.5 Å². The molecule has 0 aliphatic heterocycles. The minimum absolute atomic E-state index is 0.0927. The van der Waals surface area contributed by atoms with Gasteiger partial charge in [0.05, 0.1) is 23.2 Å². The summed E-state index contributed by atoms with van der Waals surface area (Å²) in [5.74, 6) is -0.421. The summed E-state index contributed by atoms with van der Waals surface area (Å²) >= 11 is 0. The molecule has 0 radical (unpaired) electrons. The number of nitrogens with zero attached hydrogens (tertiary/aromatic N) is 2. The molecule has 0 amide bonds. The van der Waals surface area contributed by atoms with Gasteiger partial charge in [0.25, 0.3) is 0 Å². The van der Waals surface area contributed by atoms with Crippen LogP contribution in [0.1, 0.15) is 62.0 Å². The van der Waals surface area contributed by atoms with Crippen LogP contribution in [0.5, 0.6) is 5.75 Å². The van der Waals surface area contributed by atoms with E-state index < -0.39 is 12.3 Å². The Bertz CT molecular complexity index is 1250. The molecule has 1 fully saturated rings. The fourth-order valence-electron chi connectivity index (χ4n) is 5.48. The number of imidazole rings is 1. The Labute approximate surface area is 207 Å². The van der Waals surface area contributed by atoms with Gasteiger partial charge in [-0.05, 0) is 72.6 Å². The smallest absolute Gasteiger partial charge is 0.478 e. The lowest BCUT2D eigenvalue weighted by Crippen LogP contribution is -2.29. The maximum atomic E-state index is 12.5. The van der Waals surface area contributed by atoms with Crippen LogP contribution in [0, 0.1) is 11.3 Å². The molecule has 2 unspecified atom stereocenters. The van der Waals surface area contributed by atoms with E-state index in [1.54, 1.807) is 6.07 Å². The van der Waals surface area contributed by atoms with Gasteiger partial charge in [-0.1, -0.05) is 20.8 Å². The van der Waals surface area contributed by atoms with Gasteiger partial charge in [-0.25, -0.2) is 9.78 Å². The van der Waals surface area contributed by atoms with E-state index in [1.165, 1.54) is 31.4 Å². The van der Waals surface area contributed by atoms with E-state index in [4.69, 9.17) is 9.72 Å². The first-order valence-electron chi connectivity index (χ1n) is 11.7. The van der Waals surface area contributed by atoms with Crippen molar-refractivity contribution in [1.82, 2.24) is 9.55 Å². The highest BCUT2D eigenvalue weighted by atomic mass is 19.4. The molecular weight excluding hydrogens is 475 g/mol. The molecule has 1 aliphatic carbocycles. The van der Waals surface area contributed by atoms with Gasteiger partial charge in [0.1, 0.15) is 5.75 Å². The maximum Gasteiger partial charge on any atom is 0.573 e. The summed E-state index contributed by atoms with van der Waals surface area (Å²) in [7, 11) is 1.51. The van der Waals surface area contributed by atoms with Crippen LogP contribution in [0.2, 0.25) is 0 Å². The fourth-order valence-corrected chi connectivity index (χ4v) is 5.48. The molecule has 2 atom stereocenters. The summed E-state index contributed by atoms with van der Waals surface area (Å²) in [4.78, 5) is 16.6. The Kier molecular flexibility index (Phi) is 6.92. The first-order chi connectivity index (χ1) is 16.8. The summed E-state index contributed by atoms with van der Waals surface area (Å²) in [6, 6.07) is 8.88. The molecule has 1 heterocycles. The Morgan fingerprint density at radius 1 is 1.22 bits per heavy atom. The second-order valence-electron chi connectivity index (χ2n) is 10.3. The average molecular weight is 506 g/mol. The lowest BCUT2D eigenvalue weighted by atomic mass is 9.70. The lowest BCUT2D eigenvalue weighted by Gasteiger charge is -2.40. The molecule has 1 aliphatic rings. The zero-order valence-electron chi connectivity index (χ0n) is 20.6. The number of carboxylic acids is 1. The quantitative estimate of drug-likeness (QED) is 0.363. The van der Waals surface area contributed by atoms with Crippen LogP contribution in [0.25, 0.3) is 11.0 Å². The number of alkyl halides is 3. The maximum absolute atomic E-state index is 12.5. The van der Waals surface area contributed by atoms with Crippen LogP contribution in [0.3, 0.4) is 0 Å². The van der Waals surface area contributed by atoms with Crippen LogP contribution in [-0.4, -0.2) is 34.1 Å². The average Bonchev–Trinajstić information content (AvgIpc) is 3.09. The van der Waals surface area contributed by atoms with E-state index in [0.29, 0.717) is 28.6 Å². The van der Waals surface area contributed by atoms with Crippen molar-refractivity contribution in [3.63, 3.8) is 0 Å². The minimum Gasteiger partial charge on any atom is -0.478 e. The molecule has 36 heavy (non-hydrogen) atoms. The highest BCUT2D eigenvalue weighted by Gasteiger charge is 2.35. The number of benzene rings is 2. The summed E-state index contributed by atoms with van der Waals surface area (Å²) in [5, 5.41) is 13.0. The van der Waals surface area contributed by atoms with Crippen molar-refractivity contribution in [2.24, 2.45) is 11.3 Å². The van der Waals surface area contributed by atoms with E-state index in [2.05, 4.69) is 35.4 Å². The zero-order chi connectivity index (χ0) is 26.3. The number of carbonyl (C=O) groups is 1. The van der Waals surface area contributed by atoms with Crippen LogP contribution >= 0.6 is 0 Å². The summed E-state index contributed by atoms with van der Waals surface area (Å²) in [5.41, 5.74) is 2.58. The number of anilines is 2. The molecule has 0 bridgehead atoms. The lowest BCUT2D eigenvalue weighted by molar-refractivity contribution is -0.274. The second kappa shape index (κ2) is 9.65. The van der Waals surface area contributed by atoms with Gasteiger partial charge in [-0.2, -0.15) is 0 Å². The minimum atomic E-state index is -4.77. The monoisotopic (exact) mass is 505 g/mol. The molecule has 2 N–H and O–H groups in total. The van der Waals surface area contributed by atoms with Crippen LogP contribution < -0.4 is 10.1 Å². The normalized spacial score (nSPS) is 19.9. The summed E-state index contributed by atoms with van der Waals surface area (Å²) < 4.78 is 48.9. The van der Waals surface area contributed by atoms with Gasteiger partial charge in [0.15, 0.2) is 0 Å². The molecule has 0 saturated heterocycles. The predicted molar refractivity (Wildman–Crippen MR) is 130 cm³/mol. The van der Waals surface area contributed by atoms with Crippen molar-refractivity contribution >= 4 is 28.6 Å². The number of halogens is 3. The second-order valence-corrected chi connectivity index (χ2v) is 10.3. The molecule has 194 valence electrons. The molecule has 1 aromatic heterocycles. The highest BCUT2D eigenvalue weighted by Crippen LogP contribution is 2.46. The first kappa shape index (κ1) is 25.8. The number of rotatable bonds is 7. The van der Waals surface area contributed by atoms with Crippen molar-refractivity contribution in [1.29, 1.82) is 0 Å². The van der Waals surface area contributed by atoms with Gasteiger partial charge in [0, 0.05) is 18.8 Å². The number of fused-ring (bicyclic) bond motifs is 1. The number of methoxy groups -OCH3 is 1. The van der Waals surface area contributed by atoms with E-state index in [9.17, 15) is 23.1 Å². The van der Waals surface area contributed by atoms with E-state index in [-0.39, 0.29) is 29.4 Å². The molecule has 1 saturated carbocycles. The third kappa shape index (κ3) is 5.75. The third-order valence-corrected chi connectivity index (χ3v) is 6.52. The van der Waals surface area contributed by atoms with Gasteiger partial charge in [0.2, 0.25) is 5.95 Å². The van der Waals surface area contributed by atoms with Gasteiger partial charge < -0.3 is 24.5 Å². The molecule has 3 aromatic rings. The van der Waals surface area contributed by atoms with Crippen molar-refractivity contribution in [3.8, 4) is 5.75 Å². The molecule has 10 heteroatoms. The van der Waals surface area contributed by atoms with Crippen LogP contribution in [0.4, 0.5) is 24.8 Å². The summed E-state index contributed by atoms with van der Waals surface area (Å²) in [6.45, 7) is 6.83. The number of aromatic nitrogens is 2. The molecule has 4 rings (SSSR count). The van der Waals surface area contributed by atoms with Crippen molar-refractivity contribution in [2.75, 3.05) is 12.4 Å². The van der Waals surface area contributed by atoms with Gasteiger partial charge in [-0.3, -0.25) is 0 Å². The van der Waals surface area contributed by atoms with Gasteiger partial charge in [-0.15, -0.1) is 13.2 Å². The zero-order valence-corrected chi connectivity index (χ0v) is 20.6. The Morgan fingerprint density at radius 3 is 2.50 bits per heavy atom. The molecular formula is C26H30F3N3O4. The van der Waals surface area contributed by atoms with Crippen molar-refractivity contribution in [2.45, 2.75) is 59.0 Å². The highest BCUT2D eigenvalue weighted by molar-refractivity contribution is 5.95. The number of carboxylic acid groups (broad SMARTS) is 1. The van der Waals surface area contributed by atoms with E-state index in [1.807, 2.05) is 6.07 Å². The largest absolute Gasteiger partial charge is 0.573 e. The van der Waals surface area contributed by atoms with E-state index >= 15 is 0 Å². The Hall–Kier alpha value is -3.27. The van der Waals surface area contributed by atoms with Crippen molar-refractivity contribution < 1.29 is 32.5 Å². The number of ether oxygens (including phenoxy) is 2. The summed E-state index contributed by atoms with van der Waals surface area (Å²) in [6.07, 6.45) is -1.86. The standard InChI is InChI=1S/C26H30F3N3O4/c1-15-9-18(13-25(2,3)12-15)32-22-10-16(14-35-4)20(23(33)34)11-21(22)31-24(32)30-17-5-7-19(8-6-17)36-26(27,28)29/h5-8,10-11,15,18H,9,12-14H2,1-4H3,(H,30,31)(H,33,34). The number of nitrogens with one attached hydrogen (secondary N) is 1. The Morgan fingerprint density at radius 2 is 1.92 bits per heavy atom. The third-order valence-electron chi connectivity index (χ3n) is 6.52. The van der Waals surface area contributed by atoms with Crippen LogP contribution in [0.15, 0.2) is 36.4 Å². The predicted octanol–water partition coefficient (Wildman–Crippen LogP) is 6.91.